The van der Waals surface area contributed by atoms with Gasteiger partial charge in [0.1, 0.15) is 21.7 Å². The molecule has 10 heteroatoms. The number of fused-ring (bicyclic) bond motifs is 1. The van der Waals surface area contributed by atoms with Crippen molar-refractivity contribution in [1.29, 1.82) is 5.26 Å². The Morgan fingerprint density at radius 3 is 2.86 bits per heavy atom. The normalized spacial score (nSPS) is 15.5. The number of esters is 1. The predicted octanol–water partition coefficient (Wildman–Crippen LogP) is 7.08. The number of allylic oxidation sites excluding steroid dienone is 1. The molecule has 0 aliphatic heterocycles. The van der Waals surface area contributed by atoms with Crippen molar-refractivity contribution in [2.75, 3.05) is 11.9 Å². The number of carbonyl (C=O) groups excluding carboxylic acids is 1. The van der Waals surface area contributed by atoms with Gasteiger partial charge in [-0.2, -0.15) is 5.26 Å². The van der Waals surface area contributed by atoms with Gasteiger partial charge in [0.15, 0.2) is 0 Å². The van der Waals surface area contributed by atoms with Crippen LogP contribution in [0.3, 0.4) is 0 Å². The summed E-state index contributed by atoms with van der Waals surface area (Å²) in [5.41, 5.74) is 3.21. The van der Waals surface area contributed by atoms with Crippen LogP contribution in [0.2, 0.25) is 0 Å². The minimum absolute atomic E-state index is 0.0216. The average Bonchev–Trinajstić information content (AvgIpc) is 3.49. The van der Waals surface area contributed by atoms with E-state index in [1.807, 2.05) is 0 Å². The Kier molecular flexibility index (Phi) is 7.76. The van der Waals surface area contributed by atoms with Crippen LogP contribution in [0.1, 0.15) is 59.9 Å². The lowest BCUT2D eigenvalue weighted by molar-refractivity contribution is -0.384. The number of nitro groups is 1. The van der Waals surface area contributed by atoms with Crippen LogP contribution in [-0.2, 0) is 17.6 Å². The minimum atomic E-state index is -0.452. The molecule has 1 atom stereocenters. The number of nitrogens with one attached hydrogen (secondary N) is 1. The molecule has 2 heterocycles. The summed E-state index contributed by atoms with van der Waals surface area (Å²) in [6, 6.07) is 8.40. The van der Waals surface area contributed by atoms with Crippen LogP contribution in [0, 0.1) is 32.8 Å². The van der Waals surface area contributed by atoms with Gasteiger partial charge in [-0.15, -0.1) is 22.7 Å². The largest absolute Gasteiger partial charge is 0.462 e. The first-order valence-electron chi connectivity index (χ1n) is 12.0. The third kappa shape index (κ3) is 5.73. The van der Waals surface area contributed by atoms with Gasteiger partial charge in [0.25, 0.3) is 5.69 Å². The molecule has 3 aromatic rings. The van der Waals surface area contributed by atoms with E-state index >= 15 is 0 Å². The number of benzene rings is 1. The Bertz CT molecular complexity index is 1410. The Morgan fingerprint density at radius 1 is 1.41 bits per heavy atom. The van der Waals surface area contributed by atoms with Gasteiger partial charge in [0.2, 0.25) is 0 Å². The molecule has 0 saturated heterocycles. The summed E-state index contributed by atoms with van der Waals surface area (Å²) >= 11 is 2.82. The standard InChI is InChI=1S/C27H28N4O4S2/c1-5-35-26(32)23-20-10-9-18(27(2,3)4)12-22(20)37-25(23)29-14-17(13-28)24-30-21(15-36-24)16-7-6-8-19(11-16)31(33)34/h6-8,11,14-15,18,29H,5,9-10,12H2,1-4H3/b17-14-/t18-/m1/s1. The second-order valence-electron chi connectivity index (χ2n) is 9.89. The SMILES string of the molecule is CCOC(=O)c1c(N/C=C(/C#N)c2nc(-c3cccc([N+](=O)[O-])c3)cs2)sc2c1CC[C@@H](C(C)(C)C)C2. The van der Waals surface area contributed by atoms with Gasteiger partial charge in [0, 0.05) is 34.2 Å². The van der Waals surface area contributed by atoms with Crippen LogP contribution in [0.25, 0.3) is 16.8 Å². The highest BCUT2D eigenvalue weighted by molar-refractivity contribution is 7.16. The summed E-state index contributed by atoms with van der Waals surface area (Å²) < 4.78 is 5.37. The van der Waals surface area contributed by atoms with E-state index in [9.17, 15) is 20.2 Å². The van der Waals surface area contributed by atoms with Crippen LogP contribution < -0.4 is 5.32 Å². The van der Waals surface area contributed by atoms with Crippen molar-refractivity contribution in [1.82, 2.24) is 4.98 Å². The number of anilines is 1. The number of aromatic nitrogens is 1. The van der Waals surface area contributed by atoms with E-state index in [1.165, 1.54) is 28.3 Å². The van der Waals surface area contributed by atoms with Crippen LogP contribution in [0.4, 0.5) is 10.7 Å². The summed E-state index contributed by atoms with van der Waals surface area (Å²) in [6.45, 7) is 8.82. The van der Waals surface area contributed by atoms with Gasteiger partial charge in [-0.3, -0.25) is 10.1 Å². The summed E-state index contributed by atoms with van der Waals surface area (Å²) in [7, 11) is 0. The Hall–Kier alpha value is -3.55. The number of hydrogen-bond donors (Lipinski definition) is 1. The molecule has 1 aliphatic carbocycles. The van der Waals surface area contributed by atoms with Gasteiger partial charge < -0.3 is 10.1 Å². The summed E-state index contributed by atoms with van der Waals surface area (Å²) in [6.07, 6.45) is 4.30. The molecule has 0 fully saturated rings. The maximum absolute atomic E-state index is 12.9. The molecule has 0 unspecified atom stereocenters. The third-order valence-corrected chi connectivity index (χ3v) is 8.59. The molecular weight excluding hydrogens is 508 g/mol. The Labute approximate surface area is 223 Å². The lowest BCUT2D eigenvalue weighted by Gasteiger charge is -2.33. The van der Waals surface area contributed by atoms with Gasteiger partial charge in [0.05, 0.1) is 22.8 Å². The fourth-order valence-electron chi connectivity index (χ4n) is 4.43. The molecule has 1 aromatic carbocycles. The number of hydrogen-bond acceptors (Lipinski definition) is 9. The van der Waals surface area contributed by atoms with E-state index in [4.69, 9.17) is 4.74 Å². The van der Waals surface area contributed by atoms with Crippen molar-refractivity contribution in [3.05, 3.63) is 67.0 Å². The molecule has 0 bridgehead atoms. The Balaban J connectivity index is 1.63. The second-order valence-corrected chi connectivity index (χ2v) is 11.9. The number of nitrogens with zero attached hydrogens (tertiary/aromatic N) is 3. The zero-order chi connectivity index (χ0) is 26.7. The fourth-order valence-corrected chi connectivity index (χ4v) is 6.51. The highest BCUT2D eigenvalue weighted by Gasteiger charge is 2.34. The molecular formula is C27H28N4O4S2. The number of ether oxygens (including phenoxy) is 1. The molecule has 8 nitrogen and oxygen atoms in total. The van der Waals surface area contributed by atoms with E-state index in [-0.39, 0.29) is 23.7 Å². The zero-order valence-electron chi connectivity index (χ0n) is 21.2. The van der Waals surface area contributed by atoms with Gasteiger partial charge in [-0.1, -0.05) is 32.9 Å². The molecule has 2 aromatic heterocycles. The average molecular weight is 537 g/mol. The number of rotatable bonds is 7. The van der Waals surface area contributed by atoms with E-state index < -0.39 is 4.92 Å². The first-order chi connectivity index (χ1) is 17.6. The topological polar surface area (TPSA) is 118 Å². The highest BCUT2D eigenvalue weighted by atomic mass is 32.1. The molecule has 4 rings (SSSR count). The lowest BCUT2D eigenvalue weighted by Crippen LogP contribution is -2.26. The molecule has 37 heavy (non-hydrogen) atoms. The third-order valence-electron chi connectivity index (χ3n) is 6.52. The number of thiophene rings is 1. The van der Waals surface area contributed by atoms with E-state index in [1.54, 1.807) is 42.0 Å². The molecule has 0 amide bonds. The number of nitro benzene ring substituents is 1. The highest BCUT2D eigenvalue weighted by Crippen LogP contribution is 2.44. The molecule has 0 radical (unpaired) electrons. The van der Waals surface area contributed by atoms with Crippen molar-refractivity contribution in [2.45, 2.75) is 47.0 Å². The maximum atomic E-state index is 12.9. The first-order valence-corrected chi connectivity index (χ1v) is 13.7. The summed E-state index contributed by atoms with van der Waals surface area (Å²) in [5.74, 6) is 0.167. The lowest BCUT2D eigenvalue weighted by atomic mass is 9.72. The van der Waals surface area contributed by atoms with Gasteiger partial charge in [-0.25, -0.2) is 9.78 Å². The number of carbonyl (C=O) groups is 1. The van der Waals surface area contributed by atoms with Gasteiger partial charge >= 0.3 is 5.97 Å². The van der Waals surface area contributed by atoms with E-state index in [0.29, 0.717) is 38.3 Å². The quantitative estimate of drug-likeness (QED) is 0.148. The molecule has 0 spiro atoms. The van der Waals surface area contributed by atoms with Crippen LogP contribution in [0.15, 0.2) is 35.8 Å². The Morgan fingerprint density at radius 2 is 2.19 bits per heavy atom. The smallest absolute Gasteiger partial charge is 0.341 e. The molecule has 192 valence electrons. The zero-order valence-corrected chi connectivity index (χ0v) is 22.8. The van der Waals surface area contributed by atoms with Crippen molar-refractivity contribution >= 4 is 44.9 Å². The minimum Gasteiger partial charge on any atom is -0.462 e. The second kappa shape index (κ2) is 10.8. The number of thiazole rings is 1. The molecule has 1 aliphatic rings. The molecule has 1 N–H and O–H groups in total. The summed E-state index contributed by atoms with van der Waals surface area (Å²) in [4.78, 5) is 29.3. The van der Waals surface area contributed by atoms with E-state index in [0.717, 1.165) is 24.8 Å². The van der Waals surface area contributed by atoms with Crippen LogP contribution in [-0.4, -0.2) is 22.5 Å². The summed E-state index contributed by atoms with van der Waals surface area (Å²) in [5, 5.41) is 27.1. The fraction of sp³-hybridized carbons (Fsp3) is 0.370. The number of non-ortho nitro benzene ring substituents is 1. The van der Waals surface area contributed by atoms with Crippen molar-refractivity contribution < 1.29 is 14.5 Å². The van der Waals surface area contributed by atoms with Crippen molar-refractivity contribution in [2.24, 2.45) is 11.3 Å². The predicted molar refractivity (Wildman–Crippen MR) is 147 cm³/mol. The van der Waals surface area contributed by atoms with Gasteiger partial charge in [-0.05, 0) is 43.1 Å². The van der Waals surface area contributed by atoms with Crippen molar-refractivity contribution in [3.63, 3.8) is 0 Å². The number of nitriles is 1. The monoisotopic (exact) mass is 536 g/mol. The van der Waals surface area contributed by atoms with Crippen molar-refractivity contribution in [3.8, 4) is 17.3 Å². The molecule has 0 saturated carbocycles. The maximum Gasteiger partial charge on any atom is 0.341 e. The van der Waals surface area contributed by atoms with Crippen LogP contribution >= 0.6 is 22.7 Å². The van der Waals surface area contributed by atoms with E-state index in [2.05, 4.69) is 37.1 Å². The van der Waals surface area contributed by atoms with Crippen LogP contribution in [0.5, 0.6) is 0 Å². The first kappa shape index (κ1) is 26.5.